The highest BCUT2D eigenvalue weighted by Crippen LogP contribution is 2.19. The number of imidazole rings is 2. The van der Waals surface area contributed by atoms with Crippen LogP contribution in [0, 0.1) is 41.5 Å². The van der Waals surface area contributed by atoms with Gasteiger partial charge in [0.2, 0.25) is 12.5 Å². The second kappa shape index (κ2) is 30.4. The van der Waals surface area contributed by atoms with Crippen LogP contribution in [0.5, 0.6) is 0 Å². The number of urea groups is 2. The van der Waals surface area contributed by atoms with Crippen molar-refractivity contribution in [1.82, 2.24) is 62.8 Å². The number of carbonyl (C=O) groups excluding carboxylic acids is 5. The molecule has 2 atom stereocenters. The van der Waals surface area contributed by atoms with Crippen molar-refractivity contribution >= 4 is 29.8 Å². The molecule has 0 aliphatic carbocycles. The number of rotatable bonds is 8. The number of unbranched alkanes of at least 4 members (excludes halogenated alkanes) is 1. The van der Waals surface area contributed by atoms with E-state index in [4.69, 9.17) is 9.47 Å². The van der Waals surface area contributed by atoms with E-state index >= 15 is 0 Å². The van der Waals surface area contributed by atoms with Crippen molar-refractivity contribution in [2.45, 2.75) is 73.8 Å². The van der Waals surface area contributed by atoms with Crippen molar-refractivity contribution in [3.8, 4) is 22.8 Å². The molecule has 416 valence electrons. The summed E-state index contributed by atoms with van der Waals surface area (Å²) in [5.41, 5.74) is 9.61. The molecule has 2 aromatic carbocycles. The van der Waals surface area contributed by atoms with E-state index in [9.17, 15) is 24.0 Å². The third-order valence-corrected chi connectivity index (χ3v) is 11.8. The largest absolute Gasteiger partial charge is 0.464 e. The van der Waals surface area contributed by atoms with E-state index in [1.54, 1.807) is 37.0 Å². The smallest absolute Gasteiger partial charge is 0.354 e. The maximum absolute atomic E-state index is 11.5. The van der Waals surface area contributed by atoms with Crippen LogP contribution in [-0.4, -0.2) is 154 Å². The van der Waals surface area contributed by atoms with Crippen LogP contribution in [0.15, 0.2) is 104 Å². The Bertz CT molecular complexity index is 2810. The van der Waals surface area contributed by atoms with Crippen molar-refractivity contribution in [1.29, 1.82) is 0 Å². The van der Waals surface area contributed by atoms with Gasteiger partial charge in [-0.05, 0) is 72.2 Å². The molecule has 0 N–H and O–H groups in total. The molecule has 7 heterocycles. The number of amides is 6. The number of esters is 1. The minimum Gasteiger partial charge on any atom is -0.464 e. The van der Waals surface area contributed by atoms with Gasteiger partial charge in [0.1, 0.15) is 17.3 Å². The molecule has 9 rings (SSSR count). The first kappa shape index (κ1) is 63.1. The van der Waals surface area contributed by atoms with Crippen molar-refractivity contribution in [2.75, 3.05) is 49.0 Å². The summed E-state index contributed by atoms with van der Waals surface area (Å²) in [6.07, 6.45) is 6.30. The Kier molecular flexibility index (Phi) is 24.9. The van der Waals surface area contributed by atoms with E-state index in [1.165, 1.54) is 56.6 Å². The summed E-state index contributed by atoms with van der Waals surface area (Å²) in [6.45, 7) is 14.6. The predicted octanol–water partition coefficient (Wildman–Crippen LogP) is 7.81. The van der Waals surface area contributed by atoms with Gasteiger partial charge in [-0.25, -0.2) is 24.4 Å². The number of carbonyl (C=O) groups is 5. The van der Waals surface area contributed by atoms with Gasteiger partial charge in [0.25, 0.3) is 11.8 Å². The summed E-state index contributed by atoms with van der Waals surface area (Å²) >= 11 is 0. The van der Waals surface area contributed by atoms with Gasteiger partial charge < -0.3 is 27.9 Å². The lowest BCUT2D eigenvalue weighted by molar-refractivity contribution is -0.140. The standard InChI is InChI=1S/2C11H12N2.C9H16N2O3.C7H9NO2.C6H10N2O3.2C6H10N2/c2*1-9-8-13(2)11(12-9)10-6-4-3-5-7-10;1-4-5-6-14-8-7(12)10(2)9(13)11(8)3;1-8-5-3-4-6(8)7(9)10-2;1-7-4(9)5(11-3)8(2)6(7)10;2*1-5-4-6(2)8(3)7-5/h2*3-8H,1-2H3;8H,4-6H2,1-3H3;3-5H,1-2H3;5H,1-3H3;2*4H,1-3H3. The molecule has 5 aromatic heterocycles. The topological polar surface area (TPSA) is 202 Å². The molecular formula is C56H79N13O8. The molecule has 0 saturated carbocycles. The lowest BCUT2D eigenvalue weighted by Crippen LogP contribution is -2.34. The minimum atomic E-state index is -0.743. The molecule has 2 saturated heterocycles. The van der Waals surface area contributed by atoms with E-state index in [-0.39, 0.29) is 29.8 Å². The van der Waals surface area contributed by atoms with Crippen molar-refractivity contribution in [3.05, 3.63) is 143 Å². The third kappa shape index (κ3) is 18.3. The lowest BCUT2D eigenvalue weighted by Gasteiger charge is -2.16. The first-order valence-corrected chi connectivity index (χ1v) is 24.9. The van der Waals surface area contributed by atoms with E-state index in [1.807, 2.05) is 144 Å². The number of imide groups is 2. The highest BCUT2D eigenvalue weighted by Gasteiger charge is 2.42. The summed E-state index contributed by atoms with van der Waals surface area (Å²) in [4.78, 5) is 69.3. The Morgan fingerprint density at radius 2 is 0.961 bits per heavy atom. The van der Waals surface area contributed by atoms with Crippen LogP contribution in [0.3, 0.4) is 0 Å². The molecule has 77 heavy (non-hydrogen) atoms. The highest BCUT2D eigenvalue weighted by atomic mass is 16.5. The van der Waals surface area contributed by atoms with Crippen molar-refractivity contribution < 1.29 is 38.2 Å². The average molecular weight is 1060 g/mol. The number of likely N-dealkylation sites (N-methyl/N-ethyl adjacent to an activating group) is 4. The zero-order valence-electron chi connectivity index (χ0n) is 48.2. The van der Waals surface area contributed by atoms with Crippen LogP contribution < -0.4 is 0 Å². The van der Waals surface area contributed by atoms with Crippen LogP contribution in [-0.2, 0) is 59.0 Å². The molecule has 0 spiro atoms. The van der Waals surface area contributed by atoms with Gasteiger partial charge >= 0.3 is 18.0 Å². The normalized spacial score (nSPS) is 14.4. The van der Waals surface area contributed by atoms with Gasteiger partial charge in [0, 0.05) is 118 Å². The molecule has 2 fully saturated rings. The monoisotopic (exact) mass is 1060 g/mol. The molecule has 2 unspecified atom stereocenters. The van der Waals surface area contributed by atoms with Gasteiger partial charge in [-0.2, -0.15) is 10.2 Å². The van der Waals surface area contributed by atoms with Gasteiger partial charge in [-0.1, -0.05) is 74.0 Å². The van der Waals surface area contributed by atoms with Gasteiger partial charge in [-0.15, -0.1) is 0 Å². The summed E-state index contributed by atoms with van der Waals surface area (Å²) in [5.74, 6) is 1.15. The molecular weight excluding hydrogens is 983 g/mol. The number of methoxy groups -OCH3 is 2. The minimum absolute atomic E-state index is 0.284. The quantitative estimate of drug-likeness (QED) is 0.0813. The predicted molar refractivity (Wildman–Crippen MR) is 296 cm³/mol. The van der Waals surface area contributed by atoms with E-state index in [2.05, 4.69) is 61.3 Å². The molecule has 0 radical (unpaired) electrons. The first-order chi connectivity index (χ1) is 36.4. The zero-order valence-corrected chi connectivity index (χ0v) is 48.2. The van der Waals surface area contributed by atoms with Crippen LogP contribution >= 0.6 is 0 Å². The number of benzene rings is 2. The number of nitrogens with zero attached hydrogens (tertiary/aromatic N) is 13. The number of aryl methyl sites for hydroxylation is 11. The fourth-order valence-electron chi connectivity index (χ4n) is 7.51. The van der Waals surface area contributed by atoms with E-state index in [0.29, 0.717) is 12.3 Å². The Morgan fingerprint density at radius 1 is 0.545 bits per heavy atom. The first-order valence-electron chi connectivity index (χ1n) is 24.9. The van der Waals surface area contributed by atoms with Crippen molar-refractivity contribution in [2.24, 2.45) is 35.2 Å². The molecule has 0 bridgehead atoms. The zero-order chi connectivity index (χ0) is 57.7. The molecule has 21 nitrogen and oxygen atoms in total. The highest BCUT2D eigenvalue weighted by molar-refractivity contribution is 6.03. The Hall–Kier alpha value is -8.17. The summed E-state index contributed by atoms with van der Waals surface area (Å²) in [5, 5.41) is 8.25. The molecule has 7 aromatic rings. The third-order valence-electron chi connectivity index (χ3n) is 11.8. The van der Waals surface area contributed by atoms with E-state index in [0.717, 1.165) is 68.2 Å². The van der Waals surface area contributed by atoms with Crippen LogP contribution in [0.2, 0.25) is 0 Å². The molecule has 2 aliphatic rings. The number of hydrogen-bond acceptors (Lipinski definition) is 12. The SMILES string of the molecule is CCCCOC1C(=O)N(C)C(=O)N1C.COC(=O)c1cccn1C.COC1C(=O)N(C)C(=O)N1C.Cc1cc(C)n(C)n1.Cc1cc(C)n(C)n1.Cc1cn(C)c(-c2ccccc2)n1.Cc1cn(C)c(-c2ccccc2)n1. The second-order valence-corrected chi connectivity index (χ2v) is 18.2. The average Bonchev–Trinajstić information content (AvgIpc) is 4.27. The number of aromatic nitrogens is 9. The molecule has 6 amide bonds. The fraction of sp³-hybridized carbons (Fsp3) is 0.411. The summed E-state index contributed by atoms with van der Waals surface area (Å²) < 4.78 is 24.2. The van der Waals surface area contributed by atoms with Crippen LogP contribution in [0.4, 0.5) is 9.59 Å². The van der Waals surface area contributed by atoms with Crippen LogP contribution in [0.1, 0.15) is 64.4 Å². The van der Waals surface area contributed by atoms with Gasteiger partial charge in [0.15, 0.2) is 0 Å². The summed E-state index contributed by atoms with van der Waals surface area (Å²) in [6, 6.07) is 27.4. The number of ether oxygens (including phenoxy) is 3. The molecule has 21 heteroatoms. The van der Waals surface area contributed by atoms with Crippen molar-refractivity contribution in [3.63, 3.8) is 0 Å². The Morgan fingerprint density at radius 3 is 1.21 bits per heavy atom. The van der Waals surface area contributed by atoms with Gasteiger partial charge in [-0.3, -0.25) is 38.6 Å². The fourth-order valence-corrected chi connectivity index (χ4v) is 7.51. The lowest BCUT2D eigenvalue weighted by atomic mass is 10.2. The maximum atomic E-state index is 11.5. The number of hydrogen-bond donors (Lipinski definition) is 0. The van der Waals surface area contributed by atoms with E-state index < -0.39 is 12.5 Å². The Balaban J connectivity index is 0.000000238. The maximum Gasteiger partial charge on any atom is 0.354 e. The molecule has 2 aliphatic heterocycles. The van der Waals surface area contributed by atoms with Crippen LogP contribution in [0.25, 0.3) is 22.8 Å². The second-order valence-electron chi connectivity index (χ2n) is 18.2. The van der Waals surface area contributed by atoms with Gasteiger partial charge in [0.05, 0.1) is 29.9 Å². The Labute approximate surface area is 453 Å². The summed E-state index contributed by atoms with van der Waals surface area (Å²) in [7, 11) is 18.5.